The predicted molar refractivity (Wildman–Crippen MR) is 108 cm³/mol. The summed E-state index contributed by atoms with van der Waals surface area (Å²) >= 11 is 3.48. The van der Waals surface area contributed by atoms with Crippen LogP contribution in [0.4, 0.5) is 0 Å². The van der Waals surface area contributed by atoms with Crippen molar-refractivity contribution in [3.05, 3.63) is 78.3 Å². The first-order chi connectivity index (χ1) is 12.3. The van der Waals surface area contributed by atoms with Gasteiger partial charge in [-0.25, -0.2) is 9.97 Å². The molecule has 2 aromatic heterocycles. The number of thioether (sulfide) groups is 1. The fraction of sp³-hybridized carbons (Fsp3) is 0.0476. The van der Waals surface area contributed by atoms with Gasteiger partial charge in [0.25, 0.3) is 0 Å². The molecule has 0 aliphatic rings. The van der Waals surface area contributed by atoms with Crippen LogP contribution in [0.15, 0.2) is 83.2 Å². The largest absolute Gasteiger partial charge is 0.237 e. The summed E-state index contributed by atoms with van der Waals surface area (Å²) in [6.45, 7) is 0. The topological polar surface area (TPSA) is 25.8 Å². The smallest absolute Gasteiger partial charge is 0.159 e. The average Bonchev–Trinajstić information content (AvgIpc) is 3.23. The minimum absolute atomic E-state index is 0.756. The van der Waals surface area contributed by atoms with E-state index in [1.807, 2.05) is 18.3 Å². The lowest BCUT2D eigenvalue weighted by Gasteiger charge is -2.08. The summed E-state index contributed by atoms with van der Waals surface area (Å²) in [5.41, 5.74) is 4.36. The highest BCUT2D eigenvalue weighted by atomic mass is 32.2. The van der Waals surface area contributed by atoms with E-state index in [0.29, 0.717) is 0 Å². The Kier molecular flexibility index (Phi) is 4.63. The Labute approximate surface area is 155 Å². The number of hydrogen-bond donors (Lipinski definition) is 0. The molecular weight excluding hydrogens is 344 g/mol. The molecule has 4 aromatic rings. The molecule has 0 radical (unpaired) electrons. The van der Waals surface area contributed by atoms with Crippen molar-refractivity contribution < 1.29 is 0 Å². The summed E-state index contributed by atoms with van der Waals surface area (Å²) in [7, 11) is 0. The molecule has 0 N–H and O–H groups in total. The van der Waals surface area contributed by atoms with Crippen molar-refractivity contribution in [3.63, 3.8) is 0 Å². The number of rotatable bonds is 4. The first-order valence-electron chi connectivity index (χ1n) is 7.96. The Morgan fingerprint density at radius 2 is 1.64 bits per heavy atom. The molecule has 0 amide bonds. The molecule has 0 saturated carbocycles. The molecule has 0 fully saturated rings. The van der Waals surface area contributed by atoms with Gasteiger partial charge >= 0.3 is 0 Å². The van der Waals surface area contributed by atoms with Crippen LogP contribution in [-0.2, 0) is 0 Å². The van der Waals surface area contributed by atoms with Crippen LogP contribution >= 0.6 is 23.1 Å². The lowest BCUT2D eigenvalue weighted by atomic mass is 10.1. The molecule has 2 heterocycles. The average molecular weight is 361 g/mol. The zero-order chi connectivity index (χ0) is 17.1. The Morgan fingerprint density at radius 1 is 0.840 bits per heavy atom. The molecule has 0 saturated heterocycles. The van der Waals surface area contributed by atoms with E-state index in [1.165, 1.54) is 15.3 Å². The van der Waals surface area contributed by atoms with Crippen LogP contribution in [0.1, 0.15) is 0 Å². The standard InChI is InChI=1S/C21H16N2S2/c1-24-20-6-3-2-5-17(20)18-12-13-22-21(23-18)16-10-8-15(9-11-16)19-7-4-14-25-19/h2-14H,1H3. The molecule has 122 valence electrons. The molecule has 0 aliphatic heterocycles. The monoisotopic (exact) mass is 360 g/mol. The fourth-order valence-corrected chi connectivity index (χ4v) is 4.07. The van der Waals surface area contributed by atoms with Crippen molar-refractivity contribution in [2.45, 2.75) is 4.90 Å². The van der Waals surface area contributed by atoms with Crippen LogP contribution in [0.3, 0.4) is 0 Å². The minimum Gasteiger partial charge on any atom is -0.237 e. The zero-order valence-electron chi connectivity index (χ0n) is 13.7. The fourth-order valence-electron chi connectivity index (χ4n) is 2.73. The van der Waals surface area contributed by atoms with E-state index < -0.39 is 0 Å². The third-order valence-corrected chi connectivity index (χ3v) is 5.70. The molecule has 0 atom stereocenters. The van der Waals surface area contributed by atoms with Gasteiger partial charge in [-0.15, -0.1) is 23.1 Å². The van der Waals surface area contributed by atoms with Gasteiger partial charge in [-0.3, -0.25) is 0 Å². The van der Waals surface area contributed by atoms with E-state index >= 15 is 0 Å². The molecule has 0 unspecified atom stereocenters. The molecule has 0 spiro atoms. The second kappa shape index (κ2) is 7.21. The van der Waals surface area contributed by atoms with Gasteiger partial charge in [0.15, 0.2) is 5.82 Å². The van der Waals surface area contributed by atoms with Crippen molar-refractivity contribution in [2.24, 2.45) is 0 Å². The van der Waals surface area contributed by atoms with Gasteiger partial charge in [0.1, 0.15) is 0 Å². The van der Waals surface area contributed by atoms with Crippen molar-refractivity contribution in [1.82, 2.24) is 9.97 Å². The van der Waals surface area contributed by atoms with Crippen LogP contribution in [0, 0.1) is 0 Å². The molecule has 0 aliphatic carbocycles. The van der Waals surface area contributed by atoms with Crippen molar-refractivity contribution in [3.8, 4) is 33.1 Å². The van der Waals surface area contributed by atoms with Gasteiger partial charge in [-0.05, 0) is 35.4 Å². The number of nitrogens with zero attached hydrogens (tertiary/aromatic N) is 2. The van der Waals surface area contributed by atoms with Gasteiger partial charge in [0.05, 0.1) is 5.69 Å². The molecule has 4 rings (SSSR count). The first-order valence-corrected chi connectivity index (χ1v) is 10.1. The summed E-state index contributed by atoms with van der Waals surface area (Å²) in [5.74, 6) is 0.756. The highest BCUT2D eigenvalue weighted by Crippen LogP contribution is 2.30. The van der Waals surface area contributed by atoms with Crippen LogP contribution in [0.2, 0.25) is 0 Å². The van der Waals surface area contributed by atoms with Crippen LogP contribution in [0.5, 0.6) is 0 Å². The van der Waals surface area contributed by atoms with E-state index in [1.54, 1.807) is 23.1 Å². The highest BCUT2D eigenvalue weighted by molar-refractivity contribution is 7.98. The molecule has 2 aromatic carbocycles. The third kappa shape index (κ3) is 3.36. The number of benzene rings is 2. The quantitative estimate of drug-likeness (QED) is 0.402. The lowest BCUT2D eigenvalue weighted by Crippen LogP contribution is -1.92. The highest BCUT2D eigenvalue weighted by Gasteiger charge is 2.08. The second-order valence-electron chi connectivity index (χ2n) is 5.52. The Hall–Kier alpha value is -2.43. The zero-order valence-corrected chi connectivity index (χ0v) is 15.3. The van der Waals surface area contributed by atoms with Gasteiger partial charge < -0.3 is 0 Å². The molecule has 25 heavy (non-hydrogen) atoms. The summed E-state index contributed by atoms with van der Waals surface area (Å²) in [6, 6.07) is 23.0. The Morgan fingerprint density at radius 3 is 2.40 bits per heavy atom. The van der Waals surface area contributed by atoms with Crippen molar-refractivity contribution >= 4 is 23.1 Å². The number of thiophene rings is 1. The maximum absolute atomic E-state index is 4.79. The van der Waals surface area contributed by atoms with Gasteiger partial charge in [0.2, 0.25) is 0 Å². The van der Waals surface area contributed by atoms with E-state index in [0.717, 1.165) is 22.6 Å². The number of hydrogen-bond acceptors (Lipinski definition) is 4. The van der Waals surface area contributed by atoms with Crippen LogP contribution in [0.25, 0.3) is 33.1 Å². The summed E-state index contributed by atoms with van der Waals surface area (Å²) < 4.78 is 0. The van der Waals surface area contributed by atoms with Gasteiger partial charge in [-0.2, -0.15) is 0 Å². The maximum atomic E-state index is 4.79. The number of aromatic nitrogens is 2. The lowest BCUT2D eigenvalue weighted by molar-refractivity contribution is 1.17. The Bertz CT molecular complexity index is 977. The van der Waals surface area contributed by atoms with Gasteiger partial charge in [0, 0.05) is 27.1 Å². The van der Waals surface area contributed by atoms with Crippen LogP contribution in [-0.4, -0.2) is 16.2 Å². The summed E-state index contributed by atoms with van der Waals surface area (Å²) in [6.07, 6.45) is 3.92. The normalized spacial score (nSPS) is 10.8. The van der Waals surface area contributed by atoms with Gasteiger partial charge in [-0.1, -0.05) is 48.5 Å². The SMILES string of the molecule is CSc1ccccc1-c1ccnc(-c2ccc(-c3cccs3)cc2)n1. The second-order valence-corrected chi connectivity index (χ2v) is 7.32. The summed E-state index contributed by atoms with van der Waals surface area (Å²) in [5, 5.41) is 2.10. The third-order valence-electron chi connectivity index (χ3n) is 3.99. The molecule has 0 bridgehead atoms. The minimum atomic E-state index is 0.756. The van der Waals surface area contributed by atoms with Crippen LogP contribution < -0.4 is 0 Å². The van der Waals surface area contributed by atoms with E-state index in [-0.39, 0.29) is 0 Å². The summed E-state index contributed by atoms with van der Waals surface area (Å²) in [4.78, 5) is 11.8. The Balaban J connectivity index is 1.70. The maximum Gasteiger partial charge on any atom is 0.159 e. The van der Waals surface area contributed by atoms with E-state index in [9.17, 15) is 0 Å². The predicted octanol–water partition coefficient (Wildman–Crippen LogP) is 6.26. The molecule has 4 heteroatoms. The molecule has 2 nitrogen and oxygen atoms in total. The molecular formula is C21H16N2S2. The van der Waals surface area contributed by atoms with Crippen molar-refractivity contribution in [2.75, 3.05) is 6.26 Å². The first kappa shape index (κ1) is 16.1. The van der Waals surface area contributed by atoms with E-state index in [4.69, 9.17) is 4.98 Å². The van der Waals surface area contributed by atoms with E-state index in [2.05, 4.69) is 71.2 Å². The van der Waals surface area contributed by atoms with Crippen molar-refractivity contribution in [1.29, 1.82) is 0 Å².